The number of nitrogens with one attached hydrogen (secondary N) is 1. The van der Waals surface area contributed by atoms with E-state index in [0.29, 0.717) is 18.0 Å². The standard InChI is InChI=1S/C17H31NO2/c1-11(10-13-6-5-7-13)18-15-9-8-14(16(19)20)17(3,4)12(15)2/h11-15,18H,5-10H2,1-4H3,(H,19,20). The summed E-state index contributed by atoms with van der Waals surface area (Å²) in [6.07, 6.45) is 7.30. The number of carbonyl (C=O) groups is 1. The highest BCUT2D eigenvalue weighted by Gasteiger charge is 2.46. The molecule has 3 heteroatoms. The van der Waals surface area contributed by atoms with Gasteiger partial charge in [0.25, 0.3) is 0 Å². The molecule has 0 aliphatic heterocycles. The van der Waals surface area contributed by atoms with Gasteiger partial charge in [-0.2, -0.15) is 0 Å². The van der Waals surface area contributed by atoms with Crippen molar-refractivity contribution in [1.82, 2.24) is 5.32 Å². The topological polar surface area (TPSA) is 49.3 Å². The van der Waals surface area contributed by atoms with Crippen LogP contribution in [-0.4, -0.2) is 23.2 Å². The Morgan fingerprint density at radius 1 is 1.30 bits per heavy atom. The minimum atomic E-state index is -0.622. The molecule has 0 amide bonds. The molecule has 0 bridgehead atoms. The Morgan fingerprint density at radius 2 is 1.95 bits per heavy atom. The molecule has 0 radical (unpaired) electrons. The van der Waals surface area contributed by atoms with Crippen molar-refractivity contribution in [3.05, 3.63) is 0 Å². The first-order valence-electron chi connectivity index (χ1n) is 8.31. The van der Waals surface area contributed by atoms with Gasteiger partial charge in [0.1, 0.15) is 0 Å². The Bertz CT molecular complexity index is 349. The molecular formula is C17H31NO2. The second-order valence-electron chi connectivity index (χ2n) is 7.79. The molecule has 2 aliphatic rings. The maximum Gasteiger partial charge on any atom is 0.307 e. The third-order valence-electron chi connectivity index (χ3n) is 6.15. The lowest BCUT2D eigenvalue weighted by molar-refractivity contribution is -0.150. The van der Waals surface area contributed by atoms with Crippen molar-refractivity contribution in [1.29, 1.82) is 0 Å². The highest BCUT2D eigenvalue weighted by molar-refractivity contribution is 5.71. The lowest BCUT2D eigenvalue weighted by Crippen LogP contribution is -2.53. The lowest BCUT2D eigenvalue weighted by atomic mass is 9.61. The van der Waals surface area contributed by atoms with Crippen LogP contribution in [0.2, 0.25) is 0 Å². The molecule has 2 N–H and O–H groups in total. The minimum absolute atomic E-state index is 0.127. The fourth-order valence-corrected chi connectivity index (χ4v) is 4.14. The Balaban J connectivity index is 1.91. The first kappa shape index (κ1) is 15.8. The van der Waals surface area contributed by atoms with Crippen LogP contribution in [-0.2, 0) is 4.79 Å². The zero-order chi connectivity index (χ0) is 14.9. The van der Waals surface area contributed by atoms with Gasteiger partial charge >= 0.3 is 5.97 Å². The summed E-state index contributed by atoms with van der Waals surface area (Å²) in [5.74, 6) is 0.512. The van der Waals surface area contributed by atoms with Gasteiger partial charge in [-0.3, -0.25) is 4.79 Å². The molecule has 4 atom stereocenters. The minimum Gasteiger partial charge on any atom is -0.481 e. The fourth-order valence-electron chi connectivity index (χ4n) is 4.14. The van der Waals surface area contributed by atoms with Gasteiger partial charge in [0.05, 0.1) is 5.92 Å². The number of rotatable bonds is 5. The zero-order valence-electron chi connectivity index (χ0n) is 13.5. The average molecular weight is 281 g/mol. The van der Waals surface area contributed by atoms with E-state index in [1.807, 2.05) is 0 Å². The summed E-state index contributed by atoms with van der Waals surface area (Å²) in [6, 6.07) is 1.03. The number of aliphatic carboxylic acids is 1. The SMILES string of the molecule is CC(CC1CCC1)NC1CCC(C(=O)O)C(C)(C)C1C. The third-order valence-corrected chi connectivity index (χ3v) is 6.15. The van der Waals surface area contributed by atoms with Crippen LogP contribution in [0.3, 0.4) is 0 Å². The number of hydrogen-bond acceptors (Lipinski definition) is 2. The predicted molar refractivity (Wildman–Crippen MR) is 81.6 cm³/mol. The first-order valence-corrected chi connectivity index (χ1v) is 8.31. The summed E-state index contributed by atoms with van der Waals surface area (Å²) >= 11 is 0. The first-order chi connectivity index (χ1) is 9.32. The van der Waals surface area contributed by atoms with Crippen LogP contribution in [0.5, 0.6) is 0 Å². The molecule has 116 valence electrons. The van der Waals surface area contributed by atoms with Crippen molar-refractivity contribution < 1.29 is 9.90 Å². The van der Waals surface area contributed by atoms with E-state index in [0.717, 1.165) is 18.8 Å². The van der Waals surface area contributed by atoms with E-state index in [1.165, 1.54) is 25.7 Å². The van der Waals surface area contributed by atoms with Crippen molar-refractivity contribution in [2.24, 2.45) is 23.2 Å². The van der Waals surface area contributed by atoms with Crippen molar-refractivity contribution in [3.63, 3.8) is 0 Å². The van der Waals surface area contributed by atoms with Gasteiger partial charge in [-0.05, 0) is 43.4 Å². The Hall–Kier alpha value is -0.570. The highest BCUT2D eigenvalue weighted by atomic mass is 16.4. The van der Waals surface area contributed by atoms with Crippen molar-refractivity contribution in [2.75, 3.05) is 0 Å². The second-order valence-corrected chi connectivity index (χ2v) is 7.79. The van der Waals surface area contributed by atoms with Gasteiger partial charge < -0.3 is 10.4 Å². The van der Waals surface area contributed by atoms with E-state index in [-0.39, 0.29) is 11.3 Å². The maximum atomic E-state index is 11.4. The molecule has 2 rings (SSSR count). The number of carboxylic acid groups (broad SMARTS) is 1. The van der Waals surface area contributed by atoms with Gasteiger partial charge in [0.15, 0.2) is 0 Å². The molecule has 2 fully saturated rings. The van der Waals surface area contributed by atoms with E-state index in [4.69, 9.17) is 0 Å². The van der Waals surface area contributed by atoms with Crippen LogP contribution in [0.25, 0.3) is 0 Å². The van der Waals surface area contributed by atoms with Gasteiger partial charge in [-0.25, -0.2) is 0 Å². The molecule has 3 nitrogen and oxygen atoms in total. The molecule has 2 saturated carbocycles. The molecule has 0 spiro atoms. The summed E-state index contributed by atoms with van der Waals surface area (Å²) < 4.78 is 0. The molecule has 20 heavy (non-hydrogen) atoms. The zero-order valence-corrected chi connectivity index (χ0v) is 13.5. The summed E-state index contributed by atoms with van der Waals surface area (Å²) in [5, 5.41) is 13.2. The number of carboxylic acids is 1. The van der Waals surface area contributed by atoms with E-state index in [9.17, 15) is 9.90 Å². The molecule has 0 aromatic heterocycles. The van der Waals surface area contributed by atoms with E-state index in [1.54, 1.807) is 0 Å². The van der Waals surface area contributed by atoms with Crippen molar-refractivity contribution >= 4 is 5.97 Å². The van der Waals surface area contributed by atoms with Crippen LogP contribution in [0, 0.1) is 23.2 Å². The second kappa shape index (κ2) is 6.05. The molecule has 0 aromatic carbocycles. The van der Waals surface area contributed by atoms with Crippen LogP contribution in [0.1, 0.15) is 66.2 Å². The average Bonchev–Trinajstić information content (AvgIpc) is 2.29. The Labute approximate surface area is 123 Å². The number of hydrogen-bond donors (Lipinski definition) is 2. The molecule has 0 saturated heterocycles. The van der Waals surface area contributed by atoms with Crippen LogP contribution in [0.4, 0.5) is 0 Å². The third kappa shape index (κ3) is 3.19. The van der Waals surface area contributed by atoms with E-state index < -0.39 is 5.97 Å². The van der Waals surface area contributed by atoms with Crippen molar-refractivity contribution in [3.8, 4) is 0 Å². The Kier molecular flexibility index (Phi) is 4.78. The molecule has 2 aliphatic carbocycles. The quantitative estimate of drug-likeness (QED) is 0.808. The summed E-state index contributed by atoms with van der Waals surface area (Å²) in [5.41, 5.74) is -0.127. The van der Waals surface area contributed by atoms with Gasteiger partial charge in [0, 0.05) is 12.1 Å². The Morgan fingerprint density at radius 3 is 2.45 bits per heavy atom. The fraction of sp³-hybridized carbons (Fsp3) is 0.941. The highest BCUT2D eigenvalue weighted by Crippen LogP contribution is 2.45. The lowest BCUT2D eigenvalue weighted by Gasteiger charge is -2.47. The largest absolute Gasteiger partial charge is 0.481 e. The monoisotopic (exact) mass is 281 g/mol. The molecule has 0 heterocycles. The van der Waals surface area contributed by atoms with E-state index in [2.05, 4.69) is 33.0 Å². The summed E-state index contributed by atoms with van der Waals surface area (Å²) in [7, 11) is 0. The molecule has 0 aromatic rings. The van der Waals surface area contributed by atoms with Crippen LogP contribution >= 0.6 is 0 Å². The summed E-state index contributed by atoms with van der Waals surface area (Å²) in [6.45, 7) is 8.77. The van der Waals surface area contributed by atoms with Gasteiger partial charge in [-0.1, -0.05) is 40.0 Å². The normalized spacial score (nSPS) is 35.3. The maximum absolute atomic E-state index is 11.4. The molecule has 4 unspecified atom stereocenters. The summed E-state index contributed by atoms with van der Waals surface area (Å²) in [4.78, 5) is 11.4. The van der Waals surface area contributed by atoms with Gasteiger partial charge in [-0.15, -0.1) is 0 Å². The molecular weight excluding hydrogens is 250 g/mol. The van der Waals surface area contributed by atoms with Crippen LogP contribution in [0.15, 0.2) is 0 Å². The van der Waals surface area contributed by atoms with Gasteiger partial charge in [0.2, 0.25) is 0 Å². The smallest absolute Gasteiger partial charge is 0.307 e. The van der Waals surface area contributed by atoms with Crippen LogP contribution < -0.4 is 5.32 Å². The van der Waals surface area contributed by atoms with Crippen molar-refractivity contribution in [2.45, 2.75) is 78.3 Å². The van der Waals surface area contributed by atoms with E-state index >= 15 is 0 Å². The predicted octanol–water partition coefficient (Wildman–Crippen LogP) is 3.68.